The summed E-state index contributed by atoms with van der Waals surface area (Å²) >= 11 is 3.30. The number of ether oxygens (including phenoxy) is 1. The fourth-order valence-corrected chi connectivity index (χ4v) is 1.81. The van der Waals surface area contributed by atoms with E-state index in [9.17, 15) is 9.18 Å². The lowest BCUT2D eigenvalue weighted by Crippen LogP contribution is -2.05. The molecular weight excluding hydrogens is 315 g/mol. The minimum absolute atomic E-state index is 0.0193. The molecular formula is C14H10BrFO3. The lowest BCUT2D eigenvalue weighted by molar-refractivity contribution is 0.0691. The highest BCUT2D eigenvalue weighted by atomic mass is 79.9. The molecule has 98 valence electrons. The number of rotatable bonds is 4. The highest BCUT2D eigenvalue weighted by molar-refractivity contribution is 9.10. The maximum atomic E-state index is 13.8. The van der Waals surface area contributed by atoms with E-state index in [1.807, 2.05) is 0 Å². The quantitative estimate of drug-likeness (QED) is 0.928. The molecule has 0 saturated heterocycles. The molecule has 0 aromatic heterocycles. The van der Waals surface area contributed by atoms with Crippen LogP contribution < -0.4 is 4.74 Å². The lowest BCUT2D eigenvalue weighted by Gasteiger charge is -2.08. The van der Waals surface area contributed by atoms with E-state index in [1.54, 1.807) is 24.3 Å². The van der Waals surface area contributed by atoms with Gasteiger partial charge in [-0.3, -0.25) is 0 Å². The predicted molar refractivity (Wildman–Crippen MR) is 71.8 cm³/mol. The van der Waals surface area contributed by atoms with Gasteiger partial charge in [0.25, 0.3) is 0 Å². The summed E-state index contributed by atoms with van der Waals surface area (Å²) in [6, 6.07) is 11.3. The Labute approximate surface area is 117 Å². The molecule has 0 fully saturated rings. The Bertz CT molecular complexity index is 596. The summed E-state index contributed by atoms with van der Waals surface area (Å²) in [4.78, 5) is 10.8. The molecule has 0 heterocycles. The van der Waals surface area contributed by atoms with Crippen molar-refractivity contribution in [3.8, 4) is 5.75 Å². The van der Waals surface area contributed by atoms with Crippen molar-refractivity contribution < 1.29 is 19.0 Å². The van der Waals surface area contributed by atoms with E-state index in [2.05, 4.69) is 15.9 Å². The van der Waals surface area contributed by atoms with Crippen LogP contribution in [-0.4, -0.2) is 11.1 Å². The average molecular weight is 325 g/mol. The minimum atomic E-state index is -1.29. The van der Waals surface area contributed by atoms with Crippen molar-refractivity contribution in [3.63, 3.8) is 0 Å². The first-order chi connectivity index (χ1) is 9.08. The molecule has 0 atom stereocenters. The van der Waals surface area contributed by atoms with Crippen molar-refractivity contribution in [3.05, 3.63) is 63.9 Å². The second-order valence-corrected chi connectivity index (χ2v) is 4.74. The third-order valence-corrected chi connectivity index (χ3v) is 3.05. The van der Waals surface area contributed by atoms with Gasteiger partial charge in [-0.1, -0.05) is 28.1 Å². The number of hydrogen-bond acceptors (Lipinski definition) is 2. The van der Waals surface area contributed by atoms with Gasteiger partial charge in [0.2, 0.25) is 0 Å². The third-order valence-electron chi connectivity index (χ3n) is 2.52. The number of carboxylic acids is 1. The van der Waals surface area contributed by atoms with Gasteiger partial charge < -0.3 is 9.84 Å². The van der Waals surface area contributed by atoms with Crippen LogP contribution >= 0.6 is 15.9 Å². The molecule has 2 aromatic carbocycles. The van der Waals surface area contributed by atoms with Crippen LogP contribution in [0, 0.1) is 5.82 Å². The van der Waals surface area contributed by atoms with E-state index in [4.69, 9.17) is 9.84 Å². The number of aromatic carboxylic acids is 1. The molecule has 0 amide bonds. The molecule has 2 aromatic rings. The topological polar surface area (TPSA) is 46.5 Å². The zero-order valence-corrected chi connectivity index (χ0v) is 11.4. The normalized spacial score (nSPS) is 10.2. The Kier molecular flexibility index (Phi) is 4.16. The predicted octanol–water partition coefficient (Wildman–Crippen LogP) is 3.87. The lowest BCUT2D eigenvalue weighted by atomic mass is 10.1. The molecule has 2 rings (SSSR count). The van der Waals surface area contributed by atoms with Gasteiger partial charge in [0.05, 0.1) is 5.56 Å². The molecule has 5 heteroatoms. The Balaban J connectivity index is 2.13. The molecule has 0 saturated carbocycles. The van der Waals surface area contributed by atoms with E-state index in [-0.39, 0.29) is 17.7 Å². The molecule has 0 aliphatic rings. The maximum absolute atomic E-state index is 13.8. The van der Waals surface area contributed by atoms with E-state index < -0.39 is 11.8 Å². The summed E-state index contributed by atoms with van der Waals surface area (Å²) in [6.07, 6.45) is 0. The summed E-state index contributed by atoms with van der Waals surface area (Å²) in [7, 11) is 0. The summed E-state index contributed by atoms with van der Waals surface area (Å²) in [6.45, 7) is -0.0193. The summed E-state index contributed by atoms with van der Waals surface area (Å²) in [5.41, 5.74) is -0.139. The third kappa shape index (κ3) is 3.32. The first-order valence-electron chi connectivity index (χ1n) is 5.47. The van der Waals surface area contributed by atoms with Gasteiger partial charge in [0.15, 0.2) is 0 Å². The molecule has 0 spiro atoms. The summed E-state index contributed by atoms with van der Waals surface area (Å²) in [5, 5.41) is 8.82. The minimum Gasteiger partial charge on any atom is -0.489 e. The fraction of sp³-hybridized carbons (Fsp3) is 0.0714. The van der Waals surface area contributed by atoms with Crippen molar-refractivity contribution >= 4 is 21.9 Å². The first kappa shape index (κ1) is 13.5. The van der Waals surface area contributed by atoms with Gasteiger partial charge in [-0.25, -0.2) is 9.18 Å². The Morgan fingerprint density at radius 3 is 2.53 bits per heavy atom. The number of carboxylic acid groups (broad SMARTS) is 1. The molecule has 19 heavy (non-hydrogen) atoms. The first-order valence-corrected chi connectivity index (χ1v) is 6.26. The van der Waals surface area contributed by atoms with Crippen LogP contribution in [0.4, 0.5) is 4.39 Å². The van der Waals surface area contributed by atoms with Gasteiger partial charge >= 0.3 is 5.97 Å². The summed E-state index contributed by atoms with van der Waals surface area (Å²) in [5.74, 6) is -1.46. The second kappa shape index (κ2) is 5.84. The van der Waals surface area contributed by atoms with Crippen LogP contribution in [0.2, 0.25) is 0 Å². The standard InChI is InChI=1S/C14H10BrFO3/c15-10-4-6-11(7-5-10)19-8-9-2-1-3-12(13(9)16)14(17)18/h1-7H,8H2,(H,17,18). The van der Waals surface area contributed by atoms with Crippen molar-refractivity contribution in [2.24, 2.45) is 0 Å². The summed E-state index contributed by atoms with van der Waals surface area (Å²) < 4.78 is 20.1. The molecule has 3 nitrogen and oxygen atoms in total. The molecule has 0 unspecified atom stereocenters. The largest absolute Gasteiger partial charge is 0.489 e. The number of halogens is 2. The van der Waals surface area contributed by atoms with Gasteiger partial charge in [-0.05, 0) is 30.3 Å². The van der Waals surface area contributed by atoms with Crippen LogP contribution in [0.3, 0.4) is 0 Å². The van der Waals surface area contributed by atoms with Crippen molar-refractivity contribution in [1.82, 2.24) is 0 Å². The fourth-order valence-electron chi connectivity index (χ4n) is 1.55. The number of benzene rings is 2. The Hall–Kier alpha value is -1.88. The van der Waals surface area contributed by atoms with Gasteiger partial charge in [0.1, 0.15) is 18.2 Å². The van der Waals surface area contributed by atoms with Gasteiger partial charge in [-0.2, -0.15) is 0 Å². The van der Waals surface area contributed by atoms with Crippen LogP contribution in [0.5, 0.6) is 5.75 Å². The highest BCUT2D eigenvalue weighted by Gasteiger charge is 2.13. The van der Waals surface area contributed by atoms with Crippen LogP contribution in [0.1, 0.15) is 15.9 Å². The highest BCUT2D eigenvalue weighted by Crippen LogP contribution is 2.19. The number of hydrogen-bond donors (Lipinski definition) is 1. The van der Waals surface area contributed by atoms with E-state index in [0.717, 1.165) is 4.47 Å². The van der Waals surface area contributed by atoms with Gasteiger partial charge in [-0.15, -0.1) is 0 Å². The van der Waals surface area contributed by atoms with Crippen molar-refractivity contribution in [2.45, 2.75) is 6.61 Å². The zero-order chi connectivity index (χ0) is 13.8. The molecule has 0 aliphatic carbocycles. The Morgan fingerprint density at radius 2 is 1.89 bits per heavy atom. The van der Waals surface area contributed by atoms with Crippen molar-refractivity contribution in [1.29, 1.82) is 0 Å². The smallest absolute Gasteiger partial charge is 0.338 e. The van der Waals surface area contributed by atoms with E-state index >= 15 is 0 Å². The molecule has 0 aliphatic heterocycles. The number of carbonyl (C=O) groups is 1. The molecule has 0 bridgehead atoms. The maximum Gasteiger partial charge on any atom is 0.338 e. The van der Waals surface area contributed by atoms with Crippen molar-refractivity contribution in [2.75, 3.05) is 0 Å². The van der Waals surface area contributed by atoms with E-state index in [1.165, 1.54) is 18.2 Å². The molecule has 0 radical (unpaired) electrons. The second-order valence-electron chi connectivity index (χ2n) is 3.83. The Morgan fingerprint density at radius 1 is 1.21 bits per heavy atom. The SMILES string of the molecule is O=C(O)c1cccc(COc2ccc(Br)cc2)c1F. The van der Waals surface area contributed by atoms with E-state index in [0.29, 0.717) is 5.75 Å². The average Bonchev–Trinajstić information content (AvgIpc) is 2.39. The van der Waals surface area contributed by atoms with Crippen LogP contribution in [0.25, 0.3) is 0 Å². The zero-order valence-electron chi connectivity index (χ0n) is 9.77. The monoisotopic (exact) mass is 324 g/mol. The molecule has 1 N–H and O–H groups in total. The van der Waals surface area contributed by atoms with Crippen LogP contribution in [-0.2, 0) is 6.61 Å². The van der Waals surface area contributed by atoms with Crippen LogP contribution in [0.15, 0.2) is 46.9 Å². The van der Waals surface area contributed by atoms with Gasteiger partial charge in [0, 0.05) is 10.0 Å².